The molecule has 0 spiro atoms. The Morgan fingerprint density at radius 1 is 1.22 bits per heavy atom. The van der Waals surface area contributed by atoms with Crippen molar-refractivity contribution in [3.8, 4) is 0 Å². The molecule has 2 rings (SSSR count). The summed E-state index contributed by atoms with van der Waals surface area (Å²) in [6.45, 7) is 7.84. The van der Waals surface area contributed by atoms with Crippen LogP contribution in [0.1, 0.15) is 58.0 Å². The average molecular weight is 251 g/mol. The lowest BCUT2D eigenvalue weighted by molar-refractivity contribution is 0.0351. The van der Waals surface area contributed by atoms with Gasteiger partial charge in [-0.25, -0.2) is 0 Å². The largest absolute Gasteiger partial charge is 0.462 e. The van der Waals surface area contributed by atoms with E-state index in [-0.39, 0.29) is 5.54 Å². The normalized spacial score (nSPS) is 17.5. The third-order valence-corrected chi connectivity index (χ3v) is 3.27. The first kappa shape index (κ1) is 13.6. The van der Waals surface area contributed by atoms with Gasteiger partial charge in [-0.15, -0.1) is 0 Å². The van der Waals surface area contributed by atoms with Gasteiger partial charge in [-0.2, -0.15) is 0 Å². The van der Waals surface area contributed by atoms with E-state index in [9.17, 15) is 0 Å². The van der Waals surface area contributed by atoms with Gasteiger partial charge in [0.05, 0.1) is 12.6 Å². The minimum atomic E-state index is 0.118. The molecule has 0 atom stereocenters. The molecule has 0 radical (unpaired) electrons. The highest BCUT2D eigenvalue weighted by atomic mass is 16.5. The molecule has 0 bridgehead atoms. The molecule has 0 aromatic carbocycles. The number of furan rings is 1. The number of ether oxygens (including phenoxy) is 1. The summed E-state index contributed by atoms with van der Waals surface area (Å²) in [4.78, 5) is 0. The van der Waals surface area contributed by atoms with Gasteiger partial charge in [0.1, 0.15) is 18.1 Å². The van der Waals surface area contributed by atoms with Crippen molar-refractivity contribution >= 4 is 0 Å². The zero-order chi connectivity index (χ0) is 13.0. The van der Waals surface area contributed by atoms with E-state index >= 15 is 0 Å². The molecule has 1 aromatic heterocycles. The van der Waals surface area contributed by atoms with Crippen LogP contribution in [0.2, 0.25) is 0 Å². The second-order valence-electron chi connectivity index (χ2n) is 6.19. The summed E-state index contributed by atoms with van der Waals surface area (Å²) in [5.41, 5.74) is 0.118. The first-order chi connectivity index (χ1) is 8.53. The lowest BCUT2D eigenvalue weighted by atomic mass is 10.1. The van der Waals surface area contributed by atoms with Crippen LogP contribution in [0.5, 0.6) is 0 Å². The van der Waals surface area contributed by atoms with Crippen molar-refractivity contribution in [2.24, 2.45) is 0 Å². The predicted octanol–water partition coefficient (Wildman–Crippen LogP) is 3.63. The maximum atomic E-state index is 5.83. The Bertz CT molecular complexity index is 359. The smallest absolute Gasteiger partial charge is 0.129 e. The minimum Gasteiger partial charge on any atom is -0.462 e. The average Bonchev–Trinajstić information content (AvgIpc) is 2.94. The third-order valence-electron chi connectivity index (χ3n) is 3.27. The van der Waals surface area contributed by atoms with Crippen LogP contribution in [0.4, 0.5) is 0 Å². The molecular weight excluding hydrogens is 226 g/mol. The Morgan fingerprint density at radius 3 is 2.56 bits per heavy atom. The SMILES string of the molecule is CC(C)(C)NCc1ccc(COC2CCCC2)o1. The molecular formula is C15H25NO2. The van der Waals surface area contributed by atoms with Crippen LogP contribution in [0, 0.1) is 0 Å². The van der Waals surface area contributed by atoms with Gasteiger partial charge in [-0.05, 0) is 45.7 Å². The van der Waals surface area contributed by atoms with Gasteiger partial charge < -0.3 is 14.5 Å². The summed E-state index contributed by atoms with van der Waals surface area (Å²) < 4.78 is 11.6. The van der Waals surface area contributed by atoms with E-state index in [1.54, 1.807) is 0 Å². The van der Waals surface area contributed by atoms with Crippen molar-refractivity contribution < 1.29 is 9.15 Å². The lowest BCUT2D eigenvalue weighted by Gasteiger charge is -2.19. The summed E-state index contributed by atoms with van der Waals surface area (Å²) in [6.07, 6.45) is 5.48. The number of hydrogen-bond donors (Lipinski definition) is 1. The minimum absolute atomic E-state index is 0.118. The Labute approximate surface area is 110 Å². The molecule has 1 aliphatic rings. The van der Waals surface area contributed by atoms with Crippen molar-refractivity contribution in [1.29, 1.82) is 0 Å². The second-order valence-corrected chi connectivity index (χ2v) is 6.19. The number of hydrogen-bond acceptors (Lipinski definition) is 3. The van der Waals surface area contributed by atoms with Crippen LogP contribution in [0.3, 0.4) is 0 Å². The molecule has 102 valence electrons. The highest BCUT2D eigenvalue weighted by molar-refractivity contribution is 5.06. The third kappa shape index (κ3) is 4.46. The Hall–Kier alpha value is -0.800. The summed E-state index contributed by atoms with van der Waals surface area (Å²) >= 11 is 0. The van der Waals surface area contributed by atoms with Gasteiger partial charge in [0, 0.05) is 5.54 Å². The summed E-state index contributed by atoms with van der Waals surface area (Å²) in [5, 5.41) is 3.41. The van der Waals surface area contributed by atoms with Gasteiger partial charge in [0.2, 0.25) is 0 Å². The molecule has 1 saturated carbocycles. The van der Waals surface area contributed by atoms with Crippen LogP contribution in [-0.4, -0.2) is 11.6 Å². The van der Waals surface area contributed by atoms with Crippen LogP contribution >= 0.6 is 0 Å². The van der Waals surface area contributed by atoms with Gasteiger partial charge in [-0.3, -0.25) is 0 Å². The number of rotatable bonds is 5. The van der Waals surface area contributed by atoms with E-state index in [1.165, 1.54) is 25.7 Å². The van der Waals surface area contributed by atoms with Gasteiger partial charge in [-0.1, -0.05) is 12.8 Å². The monoisotopic (exact) mass is 251 g/mol. The Kier molecular flexibility index (Phi) is 4.46. The molecule has 1 aliphatic carbocycles. The zero-order valence-corrected chi connectivity index (χ0v) is 11.8. The first-order valence-corrected chi connectivity index (χ1v) is 6.97. The zero-order valence-electron chi connectivity index (χ0n) is 11.8. The van der Waals surface area contributed by atoms with E-state index in [2.05, 4.69) is 26.1 Å². The molecule has 0 saturated heterocycles. The van der Waals surface area contributed by atoms with E-state index in [4.69, 9.17) is 9.15 Å². The van der Waals surface area contributed by atoms with E-state index in [0.29, 0.717) is 12.7 Å². The van der Waals surface area contributed by atoms with Crippen molar-refractivity contribution in [1.82, 2.24) is 5.32 Å². The Morgan fingerprint density at radius 2 is 1.89 bits per heavy atom. The van der Waals surface area contributed by atoms with Gasteiger partial charge in [0.25, 0.3) is 0 Å². The highest BCUT2D eigenvalue weighted by Gasteiger charge is 2.16. The first-order valence-electron chi connectivity index (χ1n) is 6.97. The van der Waals surface area contributed by atoms with E-state index < -0.39 is 0 Å². The quantitative estimate of drug-likeness (QED) is 0.867. The molecule has 0 unspecified atom stereocenters. The van der Waals surface area contributed by atoms with Gasteiger partial charge in [0.15, 0.2) is 0 Å². The molecule has 1 heterocycles. The molecule has 3 heteroatoms. The molecule has 18 heavy (non-hydrogen) atoms. The molecule has 0 amide bonds. The summed E-state index contributed by atoms with van der Waals surface area (Å²) in [5.74, 6) is 1.92. The molecule has 3 nitrogen and oxygen atoms in total. The van der Waals surface area contributed by atoms with Crippen molar-refractivity contribution in [3.63, 3.8) is 0 Å². The van der Waals surface area contributed by atoms with Crippen LogP contribution in [0.25, 0.3) is 0 Å². The molecule has 1 aromatic rings. The number of nitrogens with one attached hydrogen (secondary N) is 1. The van der Waals surface area contributed by atoms with Crippen molar-refractivity contribution in [2.75, 3.05) is 0 Å². The maximum Gasteiger partial charge on any atom is 0.129 e. The lowest BCUT2D eigenvalue weighted by Crippen LogP contribution is -2.34. The van der Waals surface area contributed by atoms with Crippen LogP contribution in [0.15, 0.2) is 16.5 Å². The van der Waals surface area contributed by atoms with Crippen LogP contribution in [-0.2, 0) is 17.9 Å². The Balaban J connectivity index is 1.75. The second kappa shape index (κ2) is 5.89. The maximum absolute atomic E-state index is 5.83. The fraction of sp³-hybridized carbons (Fsp3) is 0.733. The molecule has 1 fully saturated rings. The fourth-order valence-corrected chi connectivity index (χ4v) is 2.20. The standard InChI is InChI=1S/C15H25NO2/c1-15(2,3)16-10-13-8-9-14(18-13)11-17-12-6-4-5-7-12/h8-9,12,16H,4-7,10-11H2,1-3H3. The molecule has 1 N–H and O–H groups in total. The van der Waals surface area contributed by atoms with Crippen molar-refractivity contribution in [2.45, 2.75) is 71.2 Å². The summed E-state index contributed by atoms with van der Waals surface area (Å²) in [6, 6.07) is 4.06. The highest BCUT2D eigenvalue weighted by Crippen LogP contribution is 2.22. The van der Waals surface area contributed by atoms with E-state index in [1.807, 2.05) is 12.1 Å². The van der Waals surface area contributed by atoms with Crippen molar-refractivity contribution in [3.05, 3.63) is 23.7 Å². The van der Waals surface area contributed by atoms with E-state index in [0.717, 1.165) is 18.1 Å². The topological polar surface area (TPSA) is 34.4 Å². The van der Waals surface area contributed by atoms with Crippen LogP contribution < -0.4 is 5.32 Å². The fourth-order valence-electron chi connectivity index (χ4n) is 2.20. The predicted molar refractivity (Wildman–Crippen MR) is 72.3 cm³/mol. The molecule has 0 aliphatic heterocycles. The van der Waals surface area contributed by atoms with Gasteiger partial charge >= 0.3 is 0 Å². The summed E-state index contributed by atoms with van der Waals surface area (Å²) in [7, 11) is 0.